The van der Waals surface area contributed by atoms with Crippen LogP contribution in [0, 0.1) is 18.2 Å². The minimum atomic E-state index is -0.745. The molecule has 0 atom stereocenters. The summed E-state index contributed by atoms with van der Waals surface area (Å²) < 4.78 is 18.9. The Labute approximate surface area is 198 Å². The molecule has 0 aliphatic carbocycles. The van der Waals surface area contributed by atoms with Crippen molar-refractivity contribution < 1.29 is 18.7 Å². The van der Waals surface area contributed by atoms with E-state index in [-0.39, 0.29) is 12.4 Å². The lowest BCUT2D eigenvalue weighted by Crippen LogP contribution is -2.37. The number of carbonyl (C=O) groups excluding carboxylic acids is 2. The van der Waals surface area contributed by atoms with Crippen molar-refractivity contribution in [2.75, 3.05) is 22.5 Å². The van der Waals surface area contributed by atoms with Crippen LogP contribution in [-0.2, 0) is 4.74 Å². The zero-order valence-corrected chi connectivity index (χ0v) is 19.3. The van der Waals surface area contributed by atoms with E-state index in [4.69, 9.17) is 16.9 Å². The second-order valence-corrected chi connectivity index (χ2v) is 8.59. The van der Waals surface area contributed by atoms with Gasteiger partial charge in [-0.25, -0.2) is 9.18 Å². The molecule has 3 rings (SSSR count). The van der Waals surface area contributed by atoms with Crippen molar-refractivity contribution >= 4 is 29.1 Å². The number of rotatable bonds is 5. The molecule has 174 valence electrons. The quantitative estimate of drug-likeness (QED) is 0.379. The molecule has 0 saturated carbocycles. The van der Waals surface area contributed by atoms with Crippen molar-refractivity contribution in [3.63, 3.8) is 0 Å². The number of ether oxygens (including phenoxy) is 1. The van der Waals surface area contributed by atoms with Gasteiger partial charge >= 0.3 is 6.09 Å². The summed E-state index contributed by atoms with van der Waals surface area (Å²) in [6, 6.07) is 17.5. The zero-order chi connectivity index (χ0) is 24.9. The van der Waals surface area contributed by atoms with Crippen molar-refractivity contribution in [1.29, 1.82) is 0 Å². The third-order valence-corrected chi connectivity index (χ3v) is 4.75. The summed E-state index contributed by atoms with van der Waals surface area (Å²) in [6.07, 6.45) is 4.88. The largest absolute Gasteiger partial charge is 0.443 e. The van der Waals surface area contributed by atoms with Crippen LogP contribution >= 0.6 is 0 Å². The first-order valence-corrected chi connectivity index (χ1v) is 10.6. The Balaban J connectivity index is 2.06. The number of nitrogens with one attached hydrogen (secondary N) is 1. The zero-order valence-electron chi connectivity index (χ0n) is 19.3. The van der Waals surface area contributed by atoms with Crippen LogP contribution in [0.25, 0.3) is 11.1 Å². The Morgan fingerprint density at radius 1 is 1.03 bits per heavy atom. The maximum Gasteiger partial charge on any atom is 0.415 e. The molecular weight excluding hydrogens is 433 g/mol. The van der Waals surface area contributed by atoms with Gasteiger partial charge in [0.25, 0.3) is 5.91 Å². The second kappa shape index (κ2) is 10.1. The summed E-state index contributed by atoms with van der Waals surface area (Å²) >= 11 is 0. The van der Waals surface area contributed by atoms with E-state index in [1.54, 1.807) is 75.4 Å². The fraction of sp³-hybridized carbons (Fsp3) is 0.185. The smallest absolute Gasteiger partial charge is 0.415 e. The van der Waals surface area contributed by atoms with Crippen LogP contribution in [0.1, 0.15) is 31.1 Å². The van der Waals surface area contributed by atoms with Crippen LogP contribution in [0.4, 0.5) is 26.2 Å². The van der Waals surface area contributed by atoms with Gasteiger partial charge in [0.15, 0.2) is 0 Å². The van der Waals surface area contributed by atoms with Crippen LogP contribution in [0.5, 0.6) is 0 Å². The maximum atomic E-state index is 13.4. The highest BCUT2D eigenvalue weighted by atomic mass is 19.1. The van der Waals surface area contributed by atoms with Crippen LogP contribution in [0.15, 0.2) is 66.7 Å². The Hall–Kier alpha value is -4.31. The molecule has 0 unspecified atom stereocenters. The molecule has 0 heterocycles. The molecule has 3 N–H and O–H groups in total. The second-order valence-electron chi connectivity index (χ2n) is 8.59. The predicted octanol–water partition coefficient (Wildman–Crippen LogP) is 5.70. The number of nitrogen functional groups attached to an aromatic ring is 1. The number of carbonyl (C=O) groups is 2. The number of benzene rings is 3. The minimum absolute atomic E-state index is 0.0739. The topological polar surface area (TPSA) is 84.7 Å². The molecule has 2 amide bonds. The van der Waals surface area contributed by atoms with Gasteiger partial charge in [-0.15, -0.1) is 6.42 Å². The van der Waals surface area contributed by atoms with Crippen LogP contribution in [-0.4, -0.2) is 24.1 Å². The van der Waals surface area contributed by atoms with E-state index in [2.05, 4.69) is 11.2 Å². The summed E-state index contributed by atoms with van der Waals surface area (Å²) in [6.45, 7) is 5.18. The Morgan fingerprint density at radius 2 is 1.65 bits per heavy atom. The number of hydrogen-bond acceptors (Lipinski definition) is 4. The monoisotopic (exact) mass is 459 g/mol. The van der Waals surface area contributed by atoms with Crippen LogP contribution in [0.2, 0.25) is 0 Å². The first kappa shape index (κ1) is 24.3. The molecule has 3 aromatic carbocycles. The lowest BCUT2D eigenvalue weighted by atomic mass is 10.0. The predicted molar refractivity (Wildman–Crippen MR) is 133 cm³/mol. The fourth-order valence-electron chi connectivity index (χ4n) is 3.18. The lowest BCUT2D eigenvalue weighted by Gasteiger charge is -2.28. The number of nitrogens with two attached hydrogens (primary N) is 1. The molecule has 6 nitrogen and oxygen atoms in total. The molecule has 0 radical (unpaired) electrons. The molecule has 0 saturated heterocycles. The van der Waals surface area contributed by atoms with Gasteiger partial charge in [-0.3, -0.25) is 9.69 Å². The summed E-state index contributed by atoms with van der Waals surface area (Å²) in [5.74, 6) is 1.70. The van der Waals surface area contributed by atoms with Gasteiger partial charge in [-0.05, 0) is 80.4 Å². The Bertz CT molecular complexity index is 1220. The molecule has 0 aliphatic rings. The van der Waals surface area contributed by atoms with Crippen LogP contribution in [0.3, 0.4) is 0 Å². The van der Waals surface area contributed by atoms with Gasteiger partial charge in [-0.2, -0.15) is 0 Å². The SMILES string of the molecule is C#CCN(C(=O)OC(C)(C)C)c1ccc(-c2ccc(F)cc2)cc1NC(=O)c1ccc(N)cc1. The van der Waals surface area contributed by atoms with Gasteiger partial charge in [0.2, 0.25) is 0 Å². The first-order valence-electron chi connectivity index (χ1n) is 10.6. The number of halogens is 1. The van der Waals surface area contributed by atoms with Crippen molar-refractivity contribution in [1.82, 2.24) is 0 Å². The van der Waals surface area contributed by atoms with E-state index in [0.29, 0.717) is 28.2 Å². The van der Waals surface area contributed by atoms with Crippen molar-refractivity contribution in [3.05, 3.63) is 78.1 Å². The highest BCUT2D eigenvalue weighted by molar-refractivity contribution is 6.08. The Kier molecular flexibility index (Phi) is 7.22. The normalized spacial score (nSPS) is 10.8. The molecule has 0 spiro atoms. The summed E-state index contributed by atoms with van der Waals surface area (Å²) in [5, 5.41) is 2.85. The van der Waals surface area contributed by atoms with Gasteiger partial charge in [-0.1, -0.05) is 24.1 Å². The van der Waals surface area contributed by atoms with Gasteiger partial charge in [0.05, 0.1) is 17.9 Å². The van der Waals surface area contributed by atoms with Gasteiger partial charge in [0.1, 0.15) is 11.4 Å². The number of hydrogen-bond donors (Lipinski definition) is 2. The summed E-state index contributed by atoms with van der Waals surface area (Å²) in [4.78, 5) is 27.2. The van der Waals surface area contributed by atoms with Gasteiger partial charge < -0.3 is 15.8 Å². The minimum Gasteiger partial charge on any atom is -0.443 e. The molecule has 34 heavy (non-hydrogen) atoms. The van der Waals surface area contributed by atoms with Gasteiger partial charge in [0, 0.05) is 11.3 Å². The third-order valence-electron chi connectivity index (χ3n) is 4.75. The molecule has 0 fully saturated rings. The van der Waals surface area contributed by atoms with E-state index in [9.17, 15) is 14.0 Å². The van der Waals surface area contributed by atoms with Crippen molar-refractivity contribution in [2.24, 2.45) is 0 Å². The summed E-state index contributed by atoms with van der Waals surface area (Å²) in [5.41, 5.74) is 8.03. The summed E-state index contributed by atoms with van der Waals surface area (Å²) in [7, 11) is 0. The van der Waals surface area contributed by atoms with E-state index in [1.807, 2.05) is 0 Å². The third kappa shape index (κ3) is 6.14. The average molecular weight is 460 g/mol. The molecule has 0 aliphatic heterocycles. The van der Waals surface area contributed by atoms with E-state index in [1.165, 1.54) is 17.0 Å². The number of anilines is 3. The number of terminal acetylenes is 1. The fourth-order valence-corrected chi connectivity index (χ4v) is 3.18. The molecule has 3 aromatic rings. The number of nitrogens with zero attached hydrogens (tertiary/aromatic N) is 1. The van der Waals surface area contributed by atoms with Crippen LogP contribution < -0.4 is 16.0 Å². The first-order chi connectivity index (χ1) is 16.1. The average Bonchev–Trinajstić information content (AvgIpc) is 2.77. The molecular formula is C27H26FN3O3. The highest BCUT2D eigenvalue weighted by Gasteiger charge is 2.25. The van der Waals surface area contributed by atoms with E-state index >= 15 is 0 Å². The Morgan fingerprint density at radius 3 is 2.24 bits per heavy atom. The molecule has 0 bridgehead atoms. The lowest BCUT2D eigenvalue weighted by molar-refractivity contribution is 0.0585. The maximum absolute atomic E-state index is 13.4. The standard InChI is InChI=1S/C27H26FN3O3/c1-5-16-31(26(33)34-27(2,3)4)24-15-10-20(18-6-11-21(28)12-7-18)17-23(24)30-25(32)19-8-13-22(29)14-9-19/h1,6-15,17H,16,29H2,2-4H3,(H,30,32). The molecule has 7 heteroatoms. The number of amides is 2. The van der Waals surface area contributed by atoms with E-state index < -0.39 is 17.6 Å². The van der Waals surface area contributed by atoms with Crippen molar-refractivity contribution in [2.45, 2.75) is 26.4 Å². The highest BCUT2D eigenvalue weighted by Crippen LogP contribution is 2.33. The van der Waals surface area contributed by atoms with Crippen molar-refractivity contribution in [3.8, 4) is 23.5 Å². The van der Waals surface area contributed by atoms with E-state index in [0.717, 1.165) is 5.56 Å². The molecule has 0 aromatic heterocycles.